The SMILES string of the molecule is CCCOCCC(=O)O[Si]OC(C)=O. The number of hydrogen-bond acceptors (Lipinski definition) is 5. The molecule has 5 nitrogen and oxygen atoms in total. The molecule has 0 amide bonds. The molecule has 2 radical (unpaired) electrons. The third-order valence-corrected chi connectivity index (χ3v) is 1.82. The van der Waals surface area contributed by atoms with Crippen molar-refractivity contribution < 1.29 is 23.2 Å². The van der Waals surface area contributed by atoms with Crippen molar-refractivity contribution >= 4 is 21.9 Å². The van der Waals surface area contributed by atoms with E-state index in [1.807, 2.05) is 6.92 Å². The van der Waals surface area contributed by atoms with Crippen LogP contribution in [-0.4, -0.2) is 35.2 Å². The summed E-state index contributed by atoms with van der Waals surface area (Å²) in [5.74, 6) is -0.876. The van der Waals surface area contributed by atoms with Crippen LogP contribution in [0, 0.1) is 0 Å². The molecule has 0 atom stereocenters. The van der Waals surface area contributed by atoms with Gasteiger partial charge in [-0.15, -0.1) is 0 Å². The van der Waals surface area contributed by atoms with Crippen molar-refractivity contribution in [2.24, 2.45) is 0 Å². The average Bonchev–Trinajstić information content (AvgIpc) is 2.12. The van der Waals surface area contributed by atoms with E-state index in [4.69, 9.17) is 4.74 Å². The minimum absolute atomic E-state index is 0.189. The Morgan fingerprint density at radius 1 is 1.21 bits per heavy atom. The summed E-state index contributed by atoms with van der Waals surface area (Å²) in [6.45, 7) is 4.22. The highest BCUT2D eigenvalue weighted by Crippen LogP contribution is 1.89. The van der Waals surface area contributed by atoms with Gasteiger partial charge >= 0.3 is 10.0 Å². The predicted octanol–water partition coefficient (Wildman–Crippen LogP) is 0.444. The van der Waals surface area contributed by atoms with Gasteiger partial charge in [-0.2, -0.15) is 0 Å². The van der Waals surface area contributed by atoms with Gasteiger partial charge in [0.25, 0.3) is 11.9 Å². The maximum atomic E-state index is 10.9. The molecule has 14 heavy (non-hydrogen) atoms. The Morgan fingerprint density at radius 3 is 2.50 bits per heavy atom. The molecule has 0 bridgehead atoms. The lowest BCUT2D eigenvalue weighted by Gasteiger charge is -2.02. The van der Waals surface area contributed by atoms with E-state index in [9.17, 15) is 9.59 Å². The van der Waals surface area contributed by atoms with Crippen molar-refractivity contribution in [3.05, 3.63) is 0 Å². The summed E-state index contributed by atoms with van der Waals surface area (Å²) >= 11 is 0. The lowest BCUT2D eigenvalue weighted by molar-refractivity contribution is -0.138. The third-order valence-electron chi connectivity index (χ3n) is 1.14. The first-order chi connectivity index (χ1) is 6.66. The molecule has 0 aliphatic heterocycles. The molecule has 0 aromatic carbocycles. The molecule has 0 aromatic rings. The highest BCUT2D eigenvalue weighted by molar-refractivity contribution is 6.25. The summed E-state index contributed by atoms with van der Waals surface area (Å²) in [7, 11) is -0.550. The molecule has 0 N–H and O–H groups in total. The van der Waals surface area contributed by atoms with Crippen LogP contribution in [0.5, 0.6) is 0 Å². The summed E-state index contributed by atoms with van der Waals surface area (Å²) < 4.78 is 14.1. The quantitative estimate of drug-likeness (QED) is 0.458. The number of rotatable bonds is 7. The number of carbonyl (C=O) groups is 2. The molecule has 0 aromatic heterocycles. The maximum Gasteiger partial charge on any atom is 0.614 e. The van der Waals surface area contributed by atoms with Crippen molar-refractivity contribution in [1.29, 1.82) is 0 Å². The van der Waals surface area contributed by atoms with Crippen molar-refractivity contribution in [3.63, 3.8) is 0 Å². The molecule has 0 aliphatic rings. The zero-order chi connectivity index (χ0) is 10.8. The molecule has 0 fully saturated rings. The van der Waals surface area contributed by atoms with Crippen LogP contribution in [0.25, 0.3) is 0 Å². The van der Waals surface area contributed by atoms with Gasteiger partial charge in [0, 0.05) is 13.5 Å². The Kier molecular flexibility index (Phi) is 8.15. The van der Waals surface area contributed by atoms with Crippen LogP contribution < -0.4 is 0 Å². The van der Waals surface area contributed by atoms with Gasteiger partial charge < -0.3 is 13.6 Å². The Bertz CT molecular complexity index is 183. The van der Waals surface area contributed by atoms with Gasteiger partial charge in [-0.3, -0.25) is 9.59 Å². The lowest BCUT2D eigenvalue weighted by atomic mass is 10.5. The average molecular weight is 218 g/mol. The number of hydrogen-bond donors (Lipinski definition) is 0. The monoisotopic (exact) mass is 218 g/mol. The van der Waals surface area contributed by atoms with Crippen LogP contribution in [0.15, 0.2) is 0 Å². The molecule has 6 heteroatoms. The van der Waals surface area contributed by atoms with Crippen LogP contribution in [0.2, 0.25) is 0 Å². The lowest BCUT2D eigenvalue weighted by Crippen LogP contribution is -2.15. The van der Waals surface area contributed by atoms with E-state index in [1.165, 1.54) is 6.92 Å². The maximum absolute atomic E-state index is 10.9. The standard InChI is InChI=1S/C8H14O5Si/c1-3-5-11-6-4-8(10)13-14-12-7(2)9/h3-6H2,1-2H3. The van der Waals surface area contributed by atoms with E-state index in [2.05, 4.69) is 8.85 Å². The fraction of sp³-hybridized carbons (Fsp3) is 0.750. The van der Waals surface area contributed by atoms with Gasteiger partial charge in [-0.1, -0.05) is 6.92 Å². The van der Waals surface area contributed by atoms with E-state index in [-0.39, 0.29) is 6.42 Å². The highest BCUT2D eigenvalue weighted by Gasteiger charge is 2.06. The molecule has 0 rings (SSSR count). The first-order valence-corrected chi connectivity index (χ1v) is 5.18. The number of ether oxygens (including phenoxy) is 1. The van der Waals surface area contributed by atoms with Gasteiger partial charge in [0.15, 0.2) is 0 Å². The van der Waals surface area contributed by atoms with Crippen LogP contribution in [0.1, 0.15) is 26.7 Å². The second kappa shape index (κ2) is 8.70. The van der Waals surface area contributed by atoms with E-state index in [0.29, 0.717) is 13.2 Å². The van der Waals surface area contributed by atoms with Crippen molar-refractivity contribution in [2.45, 2.75) is 26.7 Å². The minimum Gasteiger partial charge on any atom is -0.481 e. The molecule has 0 saturated heterocycles. The highest BCUT2D eigenvalue weighted by atomic mass is 28.3. The second-order valence-electron chi connectivity index (χ2n) is 2.51. The second-order valence-corrected chi connectivity index (χ2v) is 3.09. The largest absolute Gasteiger partial charge is 0.614 e. The smallest absolute Gasteiger partial charge is 0.481 e. The zero-order valence-corrected chi connectivity index (χ0v) is 9.37. The van der Waals surface area contributed by atoms with E-state index in [1.54, 1.807) is 0 Å². The summed E-state index contributed by atoms with van der Waals surface area (Å²) in [4.78, 5) is 21.2. The summed E-state index contributed by atoms with van der Waals surface area (Å²) in [5.41, 5.74) is 0. The van der Waals surface area contributed by atoms with Crippen LogP contribution >= 0.6 is 0 Å². The molecule has 80 valence electrons. The summed E-state index contributed by atoms with van der Waals surface area (Å²) in [5, 5.41) is 0. The van der Waals surface area contributed by atoms with Gasteiger partial charge in [-0.05, 0) is 6.42 Å². The predicted molar refractivity (Wildman–Crippen MR) is 49.3 cm³/mol. The molecule has 0 spiro atoms. The van der Waals surface area contributed by atoms with Gasteiger partial charge in [0.1, 0.15) is 0 Å². The summed E-state index contributed by atoms with van der Waals surface area (Å²) in [6.07, 6.45) is 1.11. The molecular formula is C8H14O5Si. The number of carbonyl (C=O) groups excluding carboxylic acids is 2. The Morgan fingerprint density at radius 2 is 1.93 bits per heavy atom. The molecule has 0 heterocycles. The van der Waals surface area contributed by atoms with E-state index >= 15 is 0 Å². The Hall–Kier alpha value is -0.883. The van der Waals surface area contributed by atoms with E-state index in [0.717, 1.165) is 6.42 Å². The molecular weight excluding hydrogens is 204 g/mol. The van der Waals surface area contributed by atoms with Crippen molar-refractivity contribution in [2.75, 3.05) is 13.2 Å². The fourth-order valence-corrected chi connectivity index (χ4v) is 0.933. The topological polar surface area (TPSA) is 61.8 Å². The first-order valence-electron chi connectivity index (χ1n) is 4.36. The van der Waals surface area contributed by atoms with Gasteiger partial charge in [-0.25, -0.2) is 0 Å². The minimum atomic E-state index is -0.550. The first kappa shape index (κ1) is 13.1. The molecule has 0 saturated carbocycles. The summed E-state index contributed by atoms with van der Waals surface area (Å²) in [6, 6.07) is 0. The van der Waals surface area contributed by atoms with Crippen LogP contribution in [-0.2, 0) is 23.2 Å². The molecule has 0 aliphatic carbocycles. The van der Waals surface area contributed by atoms with Crippen LogP contribution in [0.3, 0.4) is 0 Å². The van der Waals surface area contributed by atoms with E-state index < -0.39 is 21.9 Å². The normalized spacial score (nSPS) is 9.57. The molecule has 0 unspecified atom stereocenters. The van der Waals surface area contributed by atoms with Gasteiger partial charge in [0.2, 0.25) is 0 Å². The zero-order valence-electron chi connectivity index (χ0n) is 8.37. The van der Waals surface area contributed by atoms with Crippen LogP contribution in [0.4, 0.5) is 0 Å². The van der Waals surface area contributed by atoms with Crippen molar-refractivity contribution in [3.8, 4) is 0 Å². The third kappa shape index (κ3) is 9.21. The van der Waals surface area contributed by atoms with Crippen molar-refractivity contribution in [1.82, 2.24) is 0 Å². The van der Waals surface area contributed by atoms with Gasteiger partial charge in [0.05, 0.1) is 13.0 Å². The Balaban J connectivity index is 3.24. The fourth-order valence-electron chi connectivity index (χ4n) is 0.579. The Labute approximate surface area is 85.8 Å².